The number of fused-ring (bicyclic) bond motifs is 1. The van der Waals surface area contributed by atoms with Gasteiger partial charge in [-0.15, -0.1) is 0 Å². The molecule has 0 aliphatic heterocycles. The molecule has 2 aromatic rings. The van der Waals surface area contributed by atoms with Gasteiger partial charge >= 0.3 is 0 Å². The Hall–Kier alpha value is -1.71. The highest BCUT2D eigenvalue weighted by atomic mass is 16.1. The van der Waals surface area contributed by atoms with E-state index in [0.717, 1.165) is 17.6 Å². The lowest BCUT2D eigenvalue weighted by molar-refractivity contribution is -0.116. The van der Waals surface area contributed by atoms with Crippen LogP contribution in [-0.2, 0) is 11.2 Å². The van der Waals surface area contributed by atoms with Crippen LogP contribution in [0.4, 0.5) is 0 Å². The molecule has 0 aliphatic carbocycles. The first-order valence-corrected chi connectivity index (χ1v) is 4.53. The van der Waals surface area contributed by atoms with E-state index in [2.05, 4.69) is 10.1 Å². The van der Waals surface area contributed by atoms with E-state index in [0.29, 0.717) is 6.42 Å². The molecule has 2 rings (SSSR count). The summed E-state index contributed by atoms with van der Waals surface area (Å²) in [5.41, 5.74) is 1.87. The number of hydrogen-bond donors (Lipinski definition) is 0. The number of aryl methyl sites for hydroxylation is 1. The fourth-order valence-corrected chi connectivity index (χ4v) is 1.30. The summed E-state index contributed by atoms with van der Waals surface area (Å²) >= 11 is 0. The Labute approximate surface area is 81.6 Å². The van der Waals surface area contributed by atoms with Crippen molar-refractivity contribution in [2.45, 2.75) is 19.8 Å². The molecule has 0 amide bonds. The summed E-state index contributed by atoms with van der Waals surface area (Å²) < 4.78 is 1.72. The molecule has 14 heavy (non-hydrogen) atoms. The smallest absolute Gasteiger partial charge is 0.154 e. The molecular formula is C10H11N3O. The maximum absolute atomic E-state index is 10.8. The van der Waals surface area contributed by atoms with E-state index in [4.69, 9.17) is 0 Å². The maximum Gasteiger partial charge on any atom is 0.154 e. The average molecular weight is 189 g/mol. The third-order valence-corrected chi connectivity index (χ3v) is 2.07. The van der Waals surface area contributed by atoms with Crippen LogP contribution in [0.15, 0.2) is 24.7 Å². The molecule has 0 saturated carbocycles. The van der Waals surface area contributed by atoms with Crippen LogP contribution in [0.2, 0.25) is 0 Å². The van der Waals surface area contributed by atoms with Crippen LogP contribution >= 0.6 is 0 Å². The fraction of sp³-hybridized carbons (Fsp3) is 0.300. The van der Waals surface area contributed by atoms with Crippen LogP contribution in [0.1, 0.15) is 18.9 Å². The quantitative estimate of drug-likeness (QED) is 0.730. The molecule has 4 heteroatoms. The van der Waals surface area contributed by atoms with Gasteiger partial charge in [-0.25, -0.2) is 9.50 Å². The summed E-state index contributed by atoms with van der Waals surface area (Å²) in [4.78, 5) is 15.0. The second-order valence-electron chi connectivity index (χ2n) is 3.30. The molecule has 0 bridgehead atoms. The second kappa shape index (κ2) is 3.57. The Balaban J connectivity index is 2.21. The van der Waals surface area contributed by atoms with Gasteiger partial charge in [0.15, 0.2) is 5.65 Å². The predicted molar refractivity (Wildman–Crippen MR) is 52.0 cm³/mol. The fourth-order valence-electron chi connectivity index (χ4n) is 1.30. The predicted octanol–water partition coefficient (Wildman–Crippen LogP) is 1.25. The summed E-state index contributed by atoms with van der Waals surface area (Å²) in [6, 6.07) is 1.84. The van der Waals surface area contributed by atoms with Gasteiger partial charge < -0.3 is 4.79 Å². The largest absolute Gasteiger partial charge is 0.300 e. The number of Topliss-reactive ketones (excluding diaryl/α,β-unsaturated/α-hetero) is 1. The van der Waals surface area contributed by atoms with Crippen LogP contribution in [0.25, 0.3) is 5.65 Å². The number of hydrogen-bond acceptors (Lipinski definition) is 3. The van der Waals surface area contributed by atoms with Crippen LogP contribution < -0.4 is 0 Å². The Morgan fingerprint density at radius 3 is 3.21 bits per heavy atom. The molecule has 0 aliphatic rings. The lowest BCUT2D eigenvalue weighted by atomic mass is 10.1. The van der Waals surface area contributed by atoms with Gasteiger partial charge in [0.1, 0.15) is 5.78 Å². The Kier molecular flexibility index (Phi) is 2.26. The summed E-state index contributed by atoms with van der Waals surface area (Å²) in [5.74, 6) is 0.200. The highest BCUT2D eigenvalue weighted by Gasteiger charge is 1.99. The Morgan fingerprint density at radius 1 is 1.57 bits per heavy atom. The van der Waals surface area contributed by atoms with Crippen LogP contribution in [0, 0.1) is 0 Å². The third kappa shape index (κ3) is 1.79. The number of carbonyl (C=O) groups is 1. The molecule has 2 aromatic heterocycles. The highest BCUT2D eigenvalue weighted by molar-refractivity contribution is 5.75. The topological polar surface area (TPSA) is 47.3 Å². The zero-order valence-corrected chi connectivity index (χ0v) is 7.97. The molecule has 72 valence electrons. The summed E-state index contributed by atoms with van der Waals surface area (Å²) in [7, 11) is 0. The molecule has 0 unspecified atom stereocenters. The number of carbonyl (C=O) groups excluding carboxylic acids is 1. The third-order valence-electron chi connectivity index (χ3n) is 2.07. The van der Waals surface area contributed by atoms with Crippen molar-refractivity contribution in [3.8, 4) is 0 Å². The normalized spacial score (nSPS) is 10.6. The van der Waals surface area contributed by atoms with E-state index in [1.54, 1.807) is 23.8 Å². The molecule has 0 radical (unpaired) electrons. The van der Waals surface area contributed by atoms with Gasteiger partial charge in [0, 0.05) is 24.9 Å². The molecule has 4 nitrogen and oxygen atoms in total. The molecule has 0 aromatic carbocycles. The summed E-state index contributed by atoms with van der Waals surface area (Å²) in [5, 5.41) is 4.08. The van der Waals surface area contributed by atoms with E-state index >= 15 is 0 Å². The molecular weight excluding hydrogens is 178 g/mol. The van der Waals surface area contributed by atoms with Crippen molar-refractivity contribution in [1.82, 2.24) is 14.6 Å². The monoisotopic (exact) mass is 189 g/mol. The van der Waals surface area contributed by atoms with Gasteiger partial charge in [-0.05, 0) is 18.9 Å². The molecule has 0 atom stereocenters. The van der Waals surface area contributed by atoms with Crippen molar-refractivity contribution < 1.29 is 4.79 Å². The Bertz CT molecular complexity index is 461. The van der Waals surface area contributed by atoms with E-state index in [9.17, 15) is 4.79 Å². The van der Waals surface area contributed by atoms with Crippen LogP contribution in [-0.4, -0.2) is 20.4 Å². The van der Waals surface area contributed by atoms with Crippen molar-refractivity contribution in [3.63, 3.8) is 0 Å². The van der Waals surface area contributed by atoms with Gasteiger partial charge in [0.05, 0.1) is 6.20 Å². The van der Waals surface area contributed by atoms with Crippen LogP contribution in [0.3, 0.4) is 0 Å². The van der Waals surface area contributed by atoms with E-state index in [-0.39, 0.29) is 5.78 Å². The lowest BCUT2D eigenvalue weighted by Gasteiger charge is -1.99. The first-order valence-electron chi connectivity index (χ1n) is 4.53. The second-order valence-corrected chi connectivity index (χ2v) is 3.30. The summed E-state index contributed by atoms with van der Waals surface area (Å²) in [6.07, 6.45) is 6.70. The van der Waals surface area contributed by atoms with E-state index < -0.39 is 0 Å². The van der Waals surface area contributed by atoms with Crippen LogP contribution in [0.5, 0.6) is 0 Å². The molecule has 0 fully saturated rings. The minimum atomic E-state index is 0.200. The van der Waals surface area contributed by atoms with Crippen molar-refractivity contribution in [2.75, 3.05) is 0 Å². The van der Waals surface area contributed by atoms with Crippen molar-refractivity contribution in [1.29, 1.82) is 0 Å². The zero-order chi connectivity index (χ0) is 9.97. The molecule has 0 spiro atoms. The van der Waals surface area contributed by atoms with Gasteiger partial charge in [-0.3, -0.25) is 0 Å². The standard InChI is InChI=1S/C10H11N3O/c1-8(14)2-3-9-6-11-10-4-5-12-13(10)7-9/h4-7H,2-3H2,1H3. The van der Waals surface area contributed by atoms with Gasteiger partial charge in [0.2, 0.25) is 0 Å². The van der Waals surface area contributed by atoms with Gasteiger partial charge in [0.25, 0.3) is 0 Å². The minimum absolute atomic E-state index is 0.200. The number of aromatic nitrogens is 3. The maximum atomic E-state index is 10.8. The zero-order valence-electron chi connectivity index (χ0n) is 7.97. The molecule has 2 heterocycles. The number of rotatable bonds is 3. The van der Waals surface area contributed by atoms with Crippen molar-refractivity contribution in [2.24, 2.45) is 0 Å². The Morgan fingerprint density at radius 2 is 2.43 bits per heavy atom. The summed E-state index contributed by atoms with van der Waals surface area (Å²) in [6.45, 7) is 1.60. The SMILES string of the molecule is CC(=O)CCc1cnc2ccnn2c1. The molecule has 0 saturated heterocycles. The van der Waals surface area contributed by atoms with Crippen molar-refractivity contribution >= 4 is 11.4 Å². The lowest BCUT2D eigenvalue weighted by Crippen LogP contribution is -1.98. The van der Waals surface area contributed by atoms with Crippen molar-refractivity contribution in [3.05, 3.63) is 30.2 Å². The first kappa shape index (κ1) is 8.87. The molecule has 0 N–H and O–H groups in total. The number of ketones is 1. The average Bonchev–Trinajstić information content (AvgIpc) is 2.61. The highest BCUT2D eigenvalue weighted by Crippen LogP contribution is 2.04. The van der Waals surface area contributed by atoms with E-state index in [1.165, 1.54) is 0 Å². The number of nitrogens with zero attached hydrogens (tertiary/aromatic N) is 3. The minimum Gasteiger partial charge on any atom is -0.300 e. The van der Waals surface area contributed by atoms with Gasteiger partial charge in [-0.1, -0.05) is 0 Å². The first-order chi connectivity index (χ1) is 6.75. The van der Waals surface area contributed by atoms with Gasteiger partial charge in [-0.2, -0.15) is 5.10 Å². The van der Waals surface area contributed by atoms with E-state index in [1.807, 2.05) is 12.3 Å².